The van der Waals surface area contributed by atoms with Crippen LogP contribution in [0.15, 0.2) is 12.1 Å². The summed E-state index contributed by atoms with van der Waals surface area (Å²) >= 11 is 15.5. The van der Waals surface area contributed by atoms with Gasteiger partial charge in [-0.2, -0.15) is 0 Å². The maximum atomic E-state index is 11.2. The third-order valence-corrected chi connectivity index (χ3v) is 6.48. The molecule has 2 atom stereocenters. The molecule has 0 saturated heterocycles. The number of alkyl halides is 1. The van der Waals surface area contributed by atoms with E-state index in [4.69, 9.17) is 27.9 Å². The lowest BCUT2D eigenvalue weighted by Crippen LogP contribution is -2.56. The summed E-state index contributed by atoms with van der Waals surface area (Å²) in [6.07, 6.45) is 2.64. The summed E-state index contributed by atoms with van der Waals surface area (Å²) in [5.41, 5.74) is -0.150. The van der Waals surface area contributed by atoms with E-state index >= 15 is 0 Å². The van der Waals surface area contributed by atoms with Crippen LogP contribution in [-0.2, 0) is 0 Å². The summed E-state index contributed by atoms with van der Waals surface area (Å²) in [5, 5.41) is 11.6. The van der Waals surface area contributed by atoms with Gasteiger partial charge in [0.25, 0.3) is 0 Å². The second kappa shape index (κ2) is 6.31. The van der Waals surface area contributed by atoms with Crippen molar-refractivity contribution in [3.63, 3.8) is 0 Å². The van der Waals surface area contributed by atoms with Crippen LogP contribution >= 0.6 is 39.1 Å². The summed E-state index contributed by atoms with van der Waals surface area (Å²) in [7, 11) is 0. The predicted molar refractivity (Wildman–Crippen MR) is 87.9 cm³/mol. The lowest BCUT2D eigenvalue weighted by molar-refractivity contribution is -0.386. The smallest absolute Gasteiger partial charge is 0.312 e. The first-order valence-electron chi connectivity index (χ1n) is 6.79. The van der Waals surface area contributed by atoms with Crippen LogP contribution in [0.25, 0.3) is 0 Å². The van der Waals surface area contributed by atoms with Crippen LogP contribution in [0.2, 0.25) is 10.0 Å². The molecule has 0 bridgehead atoms. The van der Waals surface area contributed by atoms with Crippen LogP contribution in [-0.4, -0.2) is 15.9 Å². The molecule has 0 heterocycles. The van der Waals surface area contributed by atoms with Crippen molar-refractivity contribution in [3.8, 4) is 5.75 Å². The zero-order valence-electron chi connectivity index (χ0n) is 11.7. The molecule has 1 saturated carbocycles. The number of nitro benzene ring substituents is 1. The maximum absolute atomic E-state index is 11.2. The lowest BCUT2D eigenvalue weighted by atomic mass is 9.62. The fourth-order valence-electron chi connectivity index (χ4n) is 2.92. The molecule has 2 rings (SSSR count). The summed E-state index contributed by atoms with van der Waals surface area (Å²) in [6.45, 7) is 4.22. The van der Waals surface area contributed by atoms with Gasteiger partial charge in [-0.1, -0.05) is 53.0 Å². The highest BCUT2D eigenvalue weighted by Gasteiger charge is 2.53. The first kappa shape index (κ1) is 16.8. The highest BCUT2D eigenvalue weighted by molar-refractivity contribution is 9.09. The molecule has 0 aliphatic heterocycles. The van der Waals surface area contributed by atoms with E-state index in [-0.39, 0.29) is 33.0 Å². The van der Waals surface area contributed by atoms with E-state index < -0.39 is 4.92 Å². The molecule has 1 aromatic rings. The molecule has 0 spiro atoms. The quantitative estimate of drug-likeness (QED) is 0.368. The van der Waals surface area contributed by atoms with Gasteiger partial charge in [0.2, 0.25) is 0 Å². The number of nitro groups is 1. The Morgan fingerprint density at radius 3 is 2.43 bits per heavy atom. The molecule has 116 valence electrons. The van der Waals surface area contributed by atoms with E-state index in [1.54, 1.807) is 0 Å². The van der Waals surface area contributed by atoms with Gasteiger partial charge in [0.05, 0.1) is 15.0 Å². The Kier molecular flexibility index (Phi) is 5.06. The van der Waals surface area contributed by atoms with Crippen LogP contribution in [0.4, 0.5) is 5.69 Å². The molecule has 0 N–H and O–H groups in total. The summed E-state index contributed by atoms with van der Waals surface area (Å²) in [5.74, 6) is 0.185. The van der Waals surface area contributed by atoms with Crippen LogP contribution in [0.1, 0.15) is 33.1 Å². The number of hydrogen-bond acceptors (Lipinski definition) is 3. The molecular weight excluding hydrogens is 381 g/mol. The van der Waals surface area contributed by atoms with Crippen molar-refractivity contribution >= 4 is 44.8 Å². The molecule has 21 heavy (non-hydrogen) atoms. The van der Waals surface area contributed by atoms with Crippen molar-refractivity contribution < 1.29 is 9.66 Å². The Morgan fingerprint density at radius 1 is 1.38 bits per heavy atom. The Labute approximate surface area is 142 Å². The van der Waals surface area contributed by atoms with Crippen molar-refractivity contribution in [3.05, 3.63) is 32.3 Å². The van der Waals surface area contributed by atoms with Gasteiger partial charge >= 0.3 is 5.69 Å². The van der Waals surface area contributed by atoms with E-state index in [1.165, 1.54) is 12.1 Å². The second-order valence-corrected chi connectivity index (χ2v) is 7.16. The third-order valence-electron chi connectivity index (χ3n) is 4.47. The summed E-state index contributed by atoms with van der Waals surface area (Å²) in [4.78, 5) is 11.0. The van der Waals surface area contributed by atoms with E-state index in [2.05, 4.69) is 29.8 Å². The normalized spacial score (nSPS) is 23.5. The van der Waals surface area contributed by atoms with Crippen molar-refractivity contribution in [2.24, 2.45) is 5.41 Å². The van der Waals surface area contributed by atoms with E-state index in [0.29, 0.717) is 4.83 Å². The van der Waals surface area contributed by atoms with E-state index in [9.17, 15) is 10.1 Å². The van der Waals surface area contributed by atoms with E-state index in [0.717, 1.165) is 19.3 Å². The largest absolute Gasteiger partial charge is 0.483 e. The minimum atomic E-state index is -0.499. The molecular formula is C14H16BrCl2NO3. The monoisotopic (exact) mass is 395 g/mol. The van der Waals surface area contributed by atoms with Crippen LogP contribution in [0, 0.1) is 15.5 Å². The van der Waals surface area contributed by atoms with Crippen molar-refractivity contribution in [2.45, 2.75) is 44.0 Å². The first-order chi connectivity index (χ1) is 9.85. The van der Waals surface area contributed by atoms with Gasteiger partial charge in [0.1, 0.15) is 6.10 Å². The van der Waals surface area contributed by atoms with Gasteiger partial charge in [-0.05, 0) is 19.3 Å². The molecule has 7 heteroatoms. The highest BCUT2D eigenvalue weighted by atomic mass is 79.9. The standard InChI is InChI=1S/C14H16BrCl2NO3/c1-3-14(4-2)12(15)7-13(14)21-11-6-9(17)8(16)5-10(11)18(19)20/h5-6,12-13H,3-4,7H2,1-2H3. The zero-order valence-corrected chi connectivity index (χ0v) is 14.8. The molecule has 1 aromatic carbocycles. The highest BCUT2D eigenvalue weighted by Crippen LogP contribution is 2.53. The minimum absolute atomic E-state index is 0.0000190. The number of halogens is 3. The molecule has 2 unspecified atom stereocenters. The fourth-order valence-corrected chi connectivity index (χ4v) is 4.51. The number of hydrogen-bond donors (Lipinski definition) is 0. The van der Waals surface area contributed by atoms with Crippen molar-refractivity contribution in [1.82, 2.24) is 0 Å². The van der Waals surface area contributed by atoms with Crippen LogP contribution in [0.3, 0.4) is 0 Å². The van der Waals surface area contributed by atoms with E-state index in [1.807, 2.05) is 0 Å². The van der Waals surface area contributed by atoms with Gasteiger partial charge in [0, 0.05) is 22.4 Å². The molecule has 0 amide bonds. The van der Waals surface area contributed by atoms with Gasteiger partial charge in [-0.25, -0.2) is 0 Å². The van der Waals surface area contributed by atoms with Crippen LogP contribution in [0.5, 0.6) is 5.75 Å². The molecule has 4 nitrogen and oxygen atoms in total. The molecule has 1 aliphatic rings. The number of benzene rings is 1. The number of rotatable bonds is 5. The Balaban J connectivity index is 2.32. The topological polar surface area (TPSA) is 52.4 Å². The summed E-state index contributed by atoms with van der Waals surface area (Å²) < 4.78 is 5.93. The molecule has 1 aliphatic carbocycles. The van der Waals surface area contributed by atoms with Gasteiger partial charge in [-0.15, -0.1) is 0 Å². The average Bonchev–Trinajstić information content (AvgIpc) is 2.43. The fraction of sp³-hybridized carbons (Fsp3) is 0.571. The maximum Gasteiger partial charge on any atom is 0.312 e. The minimum Gasteiger partial charge on any atom is -0.483 e. The molecule has 1 fully saturated rings. The summed E-state index contributed by atoms with van der Waals surface area (Å²) in [6, 6.07) is 2.67. The number of nitrogens with zero attached hydrogens (tertiary/aromatic N) is 1. The predicted octanol–water partition coefficient (Wildman–Crippen LogP) is 5.62. The van der Waals surface area contributed by atoms with Crippen molar-refractivity contribution in [1.29, 1.82) is 0 Å². The lowest BCUT2D eigenvalue weighted by Gasteiger charge is -2.52. The Hall–Kier alpha value is -0.520. The zero-order chi connectivity index (χ0) is 15.8. The molecule has 0 aromatic heterocycles. The van der Waals surface area contributed by atoms with Gasteiger partial charge in [0.15, 0.2) is 5.75 Å². The van der Waals surface area contributed by atoms with Gasteiger partial charge in [-0.3, -0.25) is 10.1 Å². The number of ether oxygens (including phenoxy) is 1. The molecule has 0 radical (unpaired) electrons. The SMILES string of the molecule is CCC1(CC)C(Br)CC1Oc1cc(Cl)c(Cl)cc1[N+](=O)[O-]. The Bertz CT molecular complexity index is 563. The third kappa shape index (κ3) is 2.88. The van der Waals surface area contributed by atoms with Gasteiger partial charge < -0.3 is 4.74 Å². The van der Waals surface area contributed by atoms with Crippen molar-refractivity contribution in [2.75, 3.05) is 0 Å². The Morgan fingerprint density at radius 2 is 1.95 bits per heavy atom. The second-order valence-electron chi connectivity index (χ2n) is 5.24. The average molecular weight is 397 g/mol. The van der Waals surface area contributed by atoms with Crippen LogP contribution < -0.4 is 4.74 Å². The first-order valence-corrected chi connectivity index (χ1v) is 8.47.